The summed E-state index contributed by atoms with van der Waals surface area (Å²) in [5.74, 6) is -1.65. The Labute approximate surface area is 131 Å². The summed E-state index contributed by atoms with van der Waals surface area (Å²) < 4.78 is 4.58. The van der Waals surface area contributed by atoms with E-state index in [0.29, 0.717) is 18.4 Å². The number of hydrogen-bond acceptors (Lipinski definition) is 4. The Kier molecular flexibility index (Phi) is 11.3. The summed E-state index contributed by atoms with van der Waals surface area (Å²) in [4.78, 5) is 32.1. The first-order valence-corrected chi connectivity index (χ1v) is 7.53. The molecule has 1 aromatic rings. The van der Waals surface area contributed by atoms with Crippen LogP contribution in [0.1, 0.15) is 62.7 Å². The molecule has 0 saturated carbocycles. The molecule has 0 aliphatic carbocycles. The molecule has 0 radical (unpaired) electrons. The average Bonchev–Trinajstić information content (AvgIpc) is 2.52. The molecule has 0 unspecified atom stereocenters. The molecule has 0 spiro atoms. The van der Waals surface area contributed by atoms with Gasteiger partial charge in [-0.2, -0.15) is 0 Å². The largest absolute Gasteiger partial charge is 0.478 e. The van der Waals surface area contributed by atoms with Gasteiger partial charge in [0.2, 0.25) is 0 Å². The number of aromatic carboxylic acids is 1. The van der Waals surface area contributed by atoms with Crippen molar-refractivity contribution in [3.8, 4) is 0 Å². The maximum Gasteiger partial charge on any atom is 0.335 e. The summed E-state index contributed by atoms with van der Waals surface area (Å²) in [5, 5.41) is 8.38. The van der Waals surface area contributed by atoms with Gasteiger partial charge in [-0.3, -0.25) is 9.59 Å². The number of benzene rings is 1. The minimum Gasteiger partial charge on any atom is -0.478 e. The number of carboxylic acids is 1. The van der Waals surface area contributed by atoms with Crippen LogP contribution in [0.3, 0.4) is 0 Å². The molecule has 0 aromatic heterocycles. The van der Waals surface area contributed by atoms with Gasteiger partial charge in [0.15, 0.2) is 0 Å². The van der Waals surface area contributed by atoms with E-state index in [9.17, 15) is 14.4 Å². The second-order valence-electron chi connectivity index (χ2n) is 4.72. The zero-order valence-corrected chi connectivity index (χ0v) is 13.2. The van der Waals surface area contributed by atoms with E-state index in [-0.39, 0.29) is 11.9 Å². The van der Waals surface area contributed by atoms with Crippen LogP contribution in [0.2, 0.25) is 0 Å². The maximum absolute atomic E-state index is 10.9. The highest BCUT2D eigenvalue weighted by Crippen LogP contribution is 2.01. The Bertz CT molecular complexity index is 435. The first-order chi connectivity index (χ1) is 10.5. The van der Waals surface area contributed by atoms with E-state index in [1.807, 2.05) is 13.8 Å². The fraction of sp³-hybridized carbons (Fsp3) is 0.471. The minimum absolute atomic E-state index is 0.331. The minimum atomic E-state index is -0.879. The fourth-order valence-electron chi connectivity index (χ4n) is 1.45. The Morgan fingerprint density at radius 3 is 1.68 bits per heavy atom. The Balaban J connectivity index is 0.000000425. The summed E-state index contributed by atoms with van der Waals surface area (Å²) in [6.45, 7) is 3.98. The van der Waals surface area contributed by atoms with Crippen LogP contribution in [-0.2, 0) is 14.3 Å². The molecule has 1 N–H and O–H groups in total. The van der Waals surface area contributed by atoms with E-state index in [0.717, 1.165) is 25.7 Å². The first kappa shape index (κ1) is 19.8. The predicted octanol–water partition coefficient (Wildman–Crippen LogP) is 3.82. The molecule has 0 aliphatic heterocycles. The monoisotopic (exact) mass is 308 g/mol. The molecular formula is C17H24O5. The quantitative estimate of drug-likeness (QED) is 0.611. The van der Waals surface area contributed by atoms with Crippen molar-refractivity contribution in [3.63, 3.8) is 0 Å². The highest BCUT2D eigenvalue weighted by Gasteiger charge is 2.08. The predicted molar refractivity (Wildman–Crippen MR) is 83.6 cm³/mol. The highest BCUT2D eigenvalue weighted by atomic mass is 16.6. The topological polar surface area (TPSA) is 80.7 Å². The molecule has 0 bridgehead atoms. The second kappa shape index (κ2) is 12.6. The van der Waals surface area contributed by atoms with Crippen LogP contribution in [0.5, 0.6) is 0 Å². The van der Waals surface area contributed by atoms with E-state index >= 15 is 0 Å². The molecule has 0 heterocycles. The van der Waals surface area contributed by atoms with Gasteiger partial charge in [-0.25, -0.2) is 4.79 Å². The molecule has 1 rings (SSSR count). The summed E-state index contributed by atoms with van der Waals surface area (Å²) in [5.41, 5.74) is 0.331. The number of hydrogen-bond donors (Lipinski definition) is 1. The number of carboxylic acid groups (broad SMARTS) is 1. The molecule has 22 heavy (non-hydrogen) atoms. The van der Waals surface area contributed by atoms with E-state index in [2.05, 4.69) is 4.74 Å². The Hall–Kier alpha value is -2.17. The standard InChI is InChI=1S/C10H18O3.C7H6O2/c1-3-5-7-9(11)13-10(12)8-6-4-2;8-7(9)6-4-2-1-3-5-6/h3-8H2,1-2H3;1-5H,(H,8,9). The molecule has 0 aliphatic rings. The molecule has 0 amide bonds. The molecule has 0 saturated heterocycles. The van der Waals surface area contributed by atoms with Crippen LogP contribution >= 0.6 is 0 Å². The van der Waals surface area contributed by atoms with Crippen molar-refractivity contribution in [2.24, 2.45) is 0 Å². The van der Waals surface area contributed by atoms with E-state index < -0.39 is 5.97 Å². The zero-order valence-electron chi connectivity index (χ0n) is 13.2. The summed E-state index contributed by atoms with van der Waals surface area (Å²) in [6.07, 6.45) is 4.18. The summed E-state index contributed by atoms with van der Waals surface area (Å²) in [7, 11) is 0. The highest BCUT2D eigenvalue weighted by molar-refractivity contribution is 5.87. The van der Waals surface area contributed by atoms with Crippen molar-refractivity contribution >= 4 is 17.9 Å². The molecule has 122 valence electrons. The van der Waals surface area contributed by atoms with Crippen LogP contribution in [0.25, 0.3) is 0 Å². The van der Waals surface area contributed by atoms with Crippen LogP contribution < -0.4 is 0 Å². The van der Waals surface area contributed by atoms with Gasteiger partial charge in [-0.05, 0) is 25.0 Å². The third kappa shape index (κ3) is 10.6. The number of carbonyl (C=O) groups excluding carboxylic acids is 2. The van der Waals surface area contributed by atoms with Crippen molar-refractivity contribution in [1.29, 1.82) is 0 Å². The lowest BCUT2D eigenvalue weighted by atomic mass is 10.2. The van der Waals surface area contributed by atoms with Gasteiger partial charge in [-0.15, -0.1) is 0 Å². The SMILES string of the molecule is CCCCC(=O)OC(=O)CCCC.O=C(O)c1ccccc1. The normalized spacial score (nSPS) is 9.36. The van der Waals surface area contributed by atoms with Gasteiger partial charge in [0.25, 0.3) is 0 Å². The van der Waals surface area contributed by atoms with E-state index in [1.54, 1.807) is 30.3 Å². The van der Waals surface area contributed by atoms with Gasteiger partial charge in [0.05, 0.1) is 5.56 Å². The van der Waals surface area contributed by atoms with Crippen LogP contribution in [0.15, 0.2) is 30.3 Å². The number of rotatable bonds is 7. The van der Waals surface area contributed by atoms with Crippen molar-refractivity contribution in [3.05, 3.63) is 35.9 Å². The van der Waals surface area contributed by atoms with Crippen molar-refractivity contribution in [1.82, 2.24) is 0 Å². The number of unbranched alkanes of at least 4 members (excludes halogenated alkanes) is 2. The first-order valence-electron chi connectivity index (χ1n) is 7.53. The molecule has 1 aromatic carbocycles. The van der Waals surface area contributed by atoms with Crippen LogP contribution in [0.4, 0.5) is 0 Å². The van der Waals surface area contributed by atoms with E-state index in [4.69, 9.17) is 5.11 Å². The van der Waals surface area contributed by atoms with Crippen LogP contribution in [0, 0.1) is 0 Å². The number of esters is 2. The average molecular weight is 308 g/mol. The summed E-state index contributed by atoms with van der Waals surface area (Å²) >= 11 is 0. The Morgan fingerprint density at radius 1 is 0.909 bits per heavy atom. The molecule has 0 fully saturated rings. The number of carbonyl (C=O) groups is 3. The second-order valence-corrected chi connectivity index (χ2v) is 4.72. The lowest BCUT2D eigenvalue weighted by Crippen LogP contribution is -2.11. The summed E-state index contributed by atoms with van der Waals surface area (Å²) in [6, 6.07) is 8.30. The molecular weight excluding hydrogens is 284 g/mol. The Morgan fingerprint density at radius 2 is 1.36 bits per heavy atom. The third-order valence-corrected chi connectivity index (χ3v) is 2.72. The van der Waals surface area contributed by atoms with Gasteiger partial charge in [0.1, 0.15) is 0 Å². The van der Waals surface area contributed by atoms with Gasteiger partial charge in [0, 0.05) is 12.8 Å². The van der Waals surface area contributed by atoms with Crippen molar-refractivity contribution < 1.29 is 24.2 Å². The maximum atomic E-state index is 10.9. The lowest BCUT2D eigenvalue weighted by Gasteiger charge is -2.00. The van der Waals surface area contributed by atoms with Gasteiger partial charge < -0.3 is 9.84 Å². The van der Waals surface area contributed by atoms with Crippen molar-refractivity contribution in [2.75, 3.05) is 0 Å². The van der Waals surface area contributed by atoms with E-state index in [1.165, 1.54) is 0 Å². The lowest BCUT2D eigenvalue weighted by molar-refractivity contribution is -0.159. The van der Waals surface area contributed by atoms with Gasteiger partial charge in [-0.1, -0.05) is 44.9 Å². The smallest absolute Gasteiger partial charge is 0.335 e. The van der Waals surface area contributed by atoms with Gasteiger partial charge >= 0.3 is 17.9 Å². The zero-order chi connectivity index (χ0) is 16.8. The molecule has 0 atom stereocenters. The van der Waals surface area contributed by atoms with Crippen LogP contribution in [-0.4, -0.2) is 23.0 Å². The third-order valence-electron chi connectivity index (χ3n) is 2.72. The fourth-order valence-corrected chi connectivity index (χ4v) is 1.45. The van der Waals surface area contributed by atoms with Crippen molar-refractivity contribution in [2.45, 2.75) is 52.4 Å². The number of ether oxygens (including phenoxy) is 1. The molecule has 5 heteroatoms. The molecule has 5 nitrogen and oxygen atoms in total.